The Morgan fingerprint density at radius 1 is 0.333 bits per heavy atom. The molecule has 254 valence electrons. The predicted octanol–water partition coefficient (Wildman–Crippen LogP) is 13.6. The normalized spacial score (nSPS) is 11.3. The van der Waals surface area contributed by atoms with Gasteiger partial charge in [-0.15, -0.1) is 0 Å². The van der Waals surface area contributed by atoms with Gasteiger partial charge in [-0.3, -0.25) is 0 Å². The minimum absolute atomic E-state index is 0.691. The van der Waals surface area contributed by atoms with E-state index in [0.717, 1.165) is 73.3 Å². The van der Waals surface area contributed by atoms with Gasteiger partial charge in [0.05, 0.1) is 17.1 Å². The van der Waals surface area contributed by atoms with Gasteiger partial charge in [0.25, 0.3) is 0 Å². The Hall–Kier alpha value is -7.30. The summed E-state index contributed by atoms with van der Waals surface area (Å²) in [4.78, 5) is 15.5. The second-order valence-electron chi connectivity index (χ2n) is 13.4. The molecule has 10 rings (SSSR count). The SMILES string of the molecule is c1ccc(-c2nc(-c3cccc(N(c4ccccc4)c4ccccc4)c3)nc3c2-c2ccc(N(c4ccccc4)c4ccccc4)c4cccc-3c24)cc1. The summed E-state index contributed by atoms with van der Waals surface area (Å²) in [6.07, 6.45) is 0. The molecule has 4 heteroatoms. The van der Waals surface area contributed by atoms with Crippen molar-refractivity contribution in [2.24, 2.45) is 0 Å². The van der Waals surface area contributed by atoms with Crippen LogP contribution >= 0.6 is 0 Å². The number of benzene rings is 8. The summed E-state index contributed by atoms with van der Waals surface area (Å²) in [6.45, 7) is 0. The highest BCUT2D eigenvalue weighted by Gasteiger charge is 2.30. The molecule has 0 saturated heterocycles. The van der Waals surface area contributed by atoms with Gasteiger partial charge in [-0.1, -0.05) is 140 Å². The second kappa shape index (κ2) is 13.4. The van der Waals surface area contributed by atoms with E-state index in [4.69, 9.17) is 9.97 Å². The lowest BCUT2D eigenvalue weighted by atomic mass is 9.98. The number of fused-ring (bicyclic) bond motifs is 3. The minimum Gasteiger partial charge on any atom is -0.310 e. The standard InChI is InChI=1S/C50H34N4/c1-6-18-35(19-7-1)48-47-43-32-33-45(54(39-25-12-4-13-26-39)40-27-14-5-15-28-40)42-30-17-31-44(46(42)43)49(47)52-50(51-48)36-20-16-29-41(34-36)53(37-21-8-2-9-22-37)38-23-10-3-11-24-38/h1-34H. The molecule has 0 N–H and O–H groups in total. The first-order chi connectivity index (χ1) is 26.8. The lowest BCUT2D eigenvalue weighted by Gasteiger charge is -2.27. The van der Waals surface area contributed by atoms with E-state index in [0.29, 0.717) is 5.82 Å². The maximum absolute atomic E-state index is 5.44. The summed E-state index contributed by atoms with van der Waals surface area (Å²) in [5.41, 5.74) is 13.8. The number of para-hydroxylation sites is 4. The van der Waals surface area contributed by atoms with E-state index >= 15 is 0 Å². The van der Waals surface area contributed by atoms with Gasteiger partial charge in [-0.2, -0.15) is 0 Å². The summed E-state index contributed by atoms with van der Waals surface area (Å²) in [5.74, 6) is 0.691. The van der Waals surface area contributed by atoms with Crippen LogP contribution < -0.4 is 9.80 Å². The van der Waals surface area contributed by atoms with E-state index in [1.807, 2.05) is 0 Å². The van der Waals surface area contributed by atoms with Crippen molar-refractivity contribution in [3.8, 4) is 45.0 Å². The van der Waals surface area contributed by atoms with Crippen molar-refractivity contribution in [2.45, 2.75) is 0 Å². The molecular formula is C50H34N4. The highest BCUT2D eigenvalue weighted by atomic mass is 15.1. The Morgan fingerprint density at radius 3 is 1.41 bits per heavy atom. The van der Waals surface area contributed by atoms with Gasteiger partial charge in [-0.25, -0.2) is 9.97 Å². The van der Waals surface area contributed by atoms with Crippen molar-refractivity contribution < 1.29 is 0 Å². The van der Waals surface area contributed by atoms with E-state index in [-0.39, 0.29) is 0 Å². The van der Waals surface area contributed by atoms with Gasteiger partial charge < -0.3 is 9.80 Å². The molecule has 4 nitrogen and oxygen atoms in total. The third kappa shape index (κ3) is 5.40. The molecule has 1 aromatic heterocycles. The molecule has 8 aromatic carbocycles. The van der Waals surface area contributed by atoms with Crippen molar-refractivity contribution in [3.63, 3.8) is 0 Å². The molecule has 9 aromatic rings. The lowest BCUT2D eigenvalue weighted by molar-refractivity contribution is 1.19. The van der Waals surface area contributed by atoms with Crippen LogP contribution in [-0.2, 0) is 0 Å². The average molecular weight is 691 g/mol. The molecular weight excluding hydrogens is 657 g/mol. The first-order valence-electron chi connectivity index (χ1n) is 18.3. The molecule has 1 aliphatic rings. The summed E-state index contributed by atoms with van der Waals surface area (Å²) in [6, 6.07) is 72.4. The van der Waals surface area contributed by atoms with Gasteiger partial charge in [0.2, 0.25) is 0 Å². The van der Waals surface area contributed by atoms with Crippen LogP contribution in [-0.4, -0.2) is 9.97 Å². The van der Waals surface area contributed by atoms with Crippen LogP contribution in [0.2, 0.25) is 0 Å². The van der Waals surface area contributed by atoms with Crippen LogP contribution in [0.3, 0.4) is 0 Å². The van der Waals surface area contributed by atoms with Crippen LogP contribution in [0.15, 0.2) is 206 Å². The summed E-state index contributed by atoms with van der Waals surface area (Å²) in [7, 11) is 0. The largest absolute Gasteiger partial charge is 0.310 e. The summed E-state index contributed by atoms with van der Waals surface area (Å²) in [5, 5.41) is 2.36. The van der Waals surface area contributed by atoms with Crippen LogP contribution in [0, 0.1) is 0 Å². The number of aromatic nitrogens is 2. The molecule has 0 unspecified atom stereocenters. The summed E-state index contributed by atoms with van der Waals surface area (Å²) < 4.78 is 0. The fourth-order valence-corrected chi connectivity index (χ4v) is 7.80. The van der Waals surface area contributed by atoms with Crippen LogP contribution in [0.25, 0.3) is 55.8 Å². The maximum atomic E-state index is 5.44. The topological polar surface area (TPSA) is 32.3 Å². The molecule has 0 saturated carbocycles. The van der Waals surface area contributed by atoms with Gasteiger partial charge in [0, 0.05) is 61.5 Å². The smallest absolute Gasteiger partial charge is 0.160 e. The molecule has 1 aliphatic carbocycles. The number of anilines is 6. The second-order valence-corrected chi connectivity index (χ2v) is 13.4. The van der Waals surface area contributed by atoms with E-state index in [9.17, 15) is 0 Å². The molecule has 0 amide bonds. The number of rotatable bonds is 8. The Kier molecular flexibility index (Phi) is 7.77. The van der Waals surface area contributed by atoms with Crippen molar-refractivity contribution in [1.29, 1.82) is 0 Å². The first-order valence-corrected chi connectivity index (χ1v) is 18.3. The third-order valence-corrected chi connectivity index (χ3v) is 10.2. The Bertz CT molecular complexity index is 2670. The van der Waals surface area contributed by atoms with Crippen LogP contribution in [0.5, 0.6) is 0 Å². The Balaban J connectivity index is 1.17. The zero-order chi connectivity index (χ0) is 35.8. The molecule has 0 fully saturated rings. The van der Waals surface area contributed by atoms with E-state index < -0.39 is 0 Å². The lowest BCUT2D eigenvalue weighted by Crippen LogP contribution is -2.10. The van der Waals surface area contributed by atoms with Crippen molar-refractivity contribution >= 4 is 44.9 Å². The maximum Gasteiger partial charge on any atom is 0.160 e. The molecule has 1 heterocycles. The van der Waals surface area contributed by atoms with Crippen LogP contribution in [0.4, 0.5) is 34.1 Å². The quantitative estimate of drug-likeness (QED) is 0.159. The molecule has 0 bridgehead atoms. The van der Waals surface area contributed by atoms with E-state index in [1.54, 1.807) is 0 Å². The Labute approximate surface area is 314 Å². The number of hydrogen-bond acceptors (Lipinski definition) is 4. The predicted molar refractivity (Wildman–Crippen MR) is 224 cm³/mol. The third-order valence-electron chi connectivity index (χ3n) is 10.2. The van der Waals surface area contributed by atoms with Crippen molar-refractivity contribution in [2.75, 3.05) is 9.80 Å². The molecule has 0 aliphatic heterocycles. The van der Waals surface area contributed by atoms with Gasteiger partial charge in [0.15, 0.2) is 5.82 Å². The first kappa shape index (κ1) is 31.4. The number of hydrogen-bond donors (Lipinski definition) is 0. The monoisotopic (exact) mass is 690 g/mol. The van der Waals surface area contributed by atoms with Gasteiger partial charge >= 0.3 is 0 Å². The van der Waals surface area contributed by atoms with E-state index in [2.05, 4.69) is 216 Å². The van der Waals surface area contributed by atoms with E-state index in [1.165, 1.54) is 10.8 Å². The highest BCUT2D eigenvalue weighted by molar-refractivity contribution is 6.20. The summed E-state index contributed by atoms with van der Waals surface area (Å²) >= 11 is 0. The number of nitrogens with zero attached hydrogens (tertiary/aromatic N) is 4. The average Bonchev–Trinajstić information content (AvgIpc) is 3.58. The fraction of sp³-hybridized carbons (Fsp3) is 0. The minimum atomic E-state index is 0.691. The molecule has 0 atom stereocenters. The molecule has 0 radical (unpaired) electrons. The van der Waals surface area contributed by atoms with Crippen molar-refractivity contribution in [1.82, 2.24) is 9.97 Å². The van der Waals surface area contributed by atoms with Gasteiger partial charge in [0.1, 0.15) is 0 Å². The Morgan fingerprint density at radius 2 is 0.815 bits per heavy atom. The van der Waals surface area contributed by atoms with Gasteiger partial charge in [-0.05, 0) is 72.3 Å². The van der Waals surface area contributed by atoms with Crippen molar-refractivity contribution in [3.05, 3.63) is 206 Å². The molecule has 0 spiro atoms. The zero-order valence-corrected chi connectivity index (χ0v) is 29.4. The molecule has 54 heavy (non-hydrogen) atoms. The zero-order valence-electron chi connectivity index (χ0n) is 29.4. The van der Waals surface area contributed by atoms with Crippen LogP contribution in [0.1, 0.15) is 0 Å². The fourth-order valence-electron chi connectivity index (χ4n) is 7.80. The highest BCUT2D eigenvalue weighted by Crippen LogP contribution is 2.53.